The first-order valence-corrected chi connectivity index (χ1v) is 17.8. The molecule has 1 nitrogen and oxygen atoms in total. The van der Waals surface area contributed by atoms with Gasteiger partial charge in [0, 0.05) is 29.0 Å². The Bertz CT molecular complexity index is 2400. The first kappa shape index (κ1) is 29.7. The maximum Gasteiger partial charge on any atom is 0.0300 e. The van der Waals surface area contributed by atoms with Crippen LogP contribution in [0.2, 0.25) is 0 Å². The van der Waals surface area contributed by atoms with Crippen molar-refractivity contribution in [2.45, 2.75) is 38.5 Å². The van der Waals surface area contributed by atoms with Gasteiger partial charge in [0.2, 0.25) is 0 Å². The van der Waals surface area contributed by atoms with Crippen LogP contribution in [0.5, 0.6) is 0 Å². The van der Waals surface area contributed by atoms with Gasteiger partial charge < -0.3 is 0 Å². The zero-order valence-electron chi connectivity index (χ0n) is 27.3. The summed E-state index contributed by atoms with van der Waals surface area (Å²) in [6.07, 6.45) is 17.5. The summed E-state index contributed by atoms with van der Waals surface area (Å²) in [5, 5.41) is 12.4. The molecule has 0 amide bonds. The zero-order valence-corrected chi connectivity index (χ0v) is 28.1. The second-order valence-corrected chi connectivity index (χ2v) is 14.0. The highest BCUT2D eigenvalue weighted by atomic mass is 32.2. The second kappa shape index (κ2) is 12.5. The number of hydrogen-bond acceptors (Lipinski definition) is 2. The molecule has 0 aliphatic heterocycles. The summed E-state index contributed by atoms with van der Waals surface area (Å²) in [5.41, 5.74) is 6.83. The van der Waals surface area contributed by atoms with Gasteiger partial charge in [0.1, 0.15) is 0 Å². The van der Waals surface area contributed by atoms with Gasteiger partial charge >= 0.3 is 0 Å². The van der Waals surface area contributed by atoms with Gasteiger partial charge in [-0.15, -0.1) is 11.8 Å². The summed E-state index contributed by atoms with van der Waals surface area (Å²) < 4.78 is 0. The highest BCUT2D eigenvalue weighted by molar-refractivity contribution is 7.99. The summed E-state index contributed by atoms with van der Waals surface area (Å²) in [4.78, 5) is 5.99. The topological polar surface area (TPSA) is 12.4 Å². The van der Waals surface area contributed by atoms with Gasteiger partial charge in [0.25, 0.3) is 0 Å². The van der Waals surface area contributed by atoms with Crippen molar-refractivity contribution >= 4 is 72.7 Å². The molecule has 8 rings (SSSR count). The molecule has 2 heteroatoms. The molecule has 0 saturated carbocycles. The van der Waals surface area contributed by atoms with Gasteiger partial charge in [0.05, 0.1) is 0 Å². The van der Waals surface area contributed by atoms with Crippen LogP contribution in [-0.2, 0) is 6.42 Å². The van der Waals surface area contributed by atoms with Crippen LogP contribution in [0, 0.1) is 11.8 Å². The number of benzene rings is 6. The molecule has 0 spiro atoms. The van der Waals surface area contributed by atoms with Crippen molar-refractivity contribution in [1.29, 1.82) is 0 Å². The van der Waals surface area contributed by atoms with E-state index in [0.717, 1.165) is 18.6 Å². The first-order chi connectivity index (χ1) is 23.1. The molecule has 6 aromatic rings. The van der Waals surface area contributed by atoms with Gasteiger partial charge in [-0.1, -0.05) is 122 Å². The summed E-state index contributed by atoms with van der Waals surface area (Å²) in [6, 6.07) is 34.1. The van der Waals surface area contributed by atoms with Crippen molar-refractivity contribution in [1.82, 2.24) is 0 Å². The van der Waals surface area contributed by atoms with Crippen LogP contribution in [-0.4, -0.2) is 12.0 Å². The average Bonchev–Trinajstić information content (AvgIpc) is 3.11. The van der Waals surface area contributed by atoms with Crippen LogP contribution in [0.1, 0.15) is 38.3 Å². The minimum Gasteiger partial charge on any atom is -0.265 e. The van der Waals surface area contributed by atoms with E-state index in [1.54, 1.807) is 0 Å². The highest BCUT2D eigenvalue weighted by Gasteiger charge is 2.28. The number of nitrogens with zero attached hydrogens (tertiary/aromatic N) is 1. The minimum atomic E-state index is 0.255. The van der Waals surface area contributed by atoms with Gasteiger partial charge in [0.15, 0.2) is 0 Å². The standard InChI is InChI=1S/C45H39NS/c1-4-25-46-27-30(3)43(34-22-21-31-12-5-6-13-33(31)26-34)42-29(2)11-7-16-35(42)28-47-41-24-23-39-37-18-9-15-32-14-8-17-36(44(32)37)38-19-10-20-40(41)45(38)39/h4-7,9-16,18-27,29,42H,8,17,28H2,1-3H3/b25-4-,43-30+,46-27-. The Hall–Kier alpha value is -4.66. The predicted octanol–water partition coefficient (Wildman–Crippen LogP) is 11.7. The molecule has 2 aliphatic carbocycles. The number of rotatable bonds is 7. The third-order valence-electron chi connectivity index (χ3n) is 10.1. The van der Waals surface area contributed by atoms with Gasteiger partial charge in [-0.05, 0) is 115 Å². The van der Waals surface area contributed by atoms with Crippen LogP contribution < -0.4 is 5.22 Å². The molecule has 0 N–H and O–H groups in total. The molecule has 0 saturated heterocycles. The number of allylic oxidation sites excluding steroid dienone is 6. The number of thioether (sulfide) groups is 1. The molecule has 47 heavy (non-hydrogen) atoms. The van der Waals surface area contributed by atoms with Crippen molar-refractivity contribution in [3.8, 4) is 0 Å². The second-order valence-electron chi connectivity index (χ2n) is 13.0. The van der Waals surface area contributed by atoms with Crippen molar-refractivity contribution in [3.63, 3.8) is 0 Å². The van der Waals surface area contributed by atoms with E-state index >= 15 is 0 Å². The Kier molecular flexibility index (Phi) is 7.91. The van der Waals surface area contributed by atoms with E-state index in [1.165, 1.54) is 81.1 Å². The first-order valence-electron chi connectivity index (χ1n) is 16.9. The van der Waals surface area contributed by atoms with Crippen molar-refractivity contribution in [2.75, 3.05) is 5.75 Å². The van der Waals surface area contributed by atoms with E-state index in [0.29, 0.717) is 5.92 Å². The molecule has 6 aromatic carbocycles. The normalized spacial score (nSPS) is 18.5. The molecule has 0 radical (unpaired) electrons. The largest absolute Gasteiger partial charge is 0.265 e. The Labute approximate surface area is 281 Å². The quantitative estimate of drug-likeness (QED) is 0.0744. The molecule has 0 bridgehead atoms. The Balaban J connectivity index is 1.21. The van der Waals surface area contributed by atoms with Crippen LogP contribution in [0.15, 0.2) is 143 Å². The smallest absolute Gasteiger partial charge is 0.0300 e. The lowest BCUT2D eigenvalue weighted by Crippen LogP contribution is -2.20. The molecule has 2 atom stereocenters. The van der Waals surface area contributed by atoms with Crippen LogP contribution in [0.4, 0.5) is 0 Å². The van der Waals surface area contributed by atoms with E-state index in [9.17, 15) is 0 Å². The molecule has 230 valence electrons. The molecule has 0 heterocycles. The molecule has 0 fully saturated rings. The van der Waals surface area contributed by atoms with Crippen LogP contribution >= 0.6 is 11.8 Å². The third kappa shape index (κ3) is 5.26. The van der Waals surface area contributed by atoms with E-state index in [2.05, 4.69) is 134 Å². The fourth-order valence-electron chi connectivity index (χ4n) is 8.02. The van der Waals surface area contributed by atoms with E-state index < -0.39 is 0 Å². The van der Waals surface area contributed by atoms with E-state index in [4.69, 9.17) is 0 Å². The predicted molar refractivity (Wildman–Crippen MR) is 207 cm³/mol. The monoisotopic (exact) mass is 625 g/mol. The molecule has 2 unspecified atom stereocenters. The molecule has 0 aromatic heterocycles. The van der Waals surface area contributed by atoms with Crippen LogP contribution in [0.25, 0.3) is 54.7 Å². The van der Waals surface area contributed by atoms with Gasteiger partial charge in [-0.3, -0.25) is 4.99 Å². The third-order valence-corrected chi connectivity index (χ3v) is 11.3. The SMILES string of the molecule is C\C=C/N=C\C(C)=C(/c1ccc2ccccc2c1)C1C(CSc2ccc3c4cccc5c4c(c4cccc2c43)CCC=5)=CC=CC1C. The Morgan fingerprint density at radius 1 is 0.851 bits per heavy atom. The maximum atomic E-state index is 4.63. The number of aliphatic imine (C=N–C) groups is 1. The number of aryl methyl sites for hydroxylation is 1. The van der Waals surface area contributed by atoms with Gasteiger partial charge in [-0.2, -0.15) is 0 Å². The zero-order chi connectivity index (χ0) is 31.9. The molecule has 2 aliphatic rings. The lowest BCUT2D eigenvalue weighted by atomic mass is 9.74. The number of hydrogen-bond donors (Lipinski definition) is 0. The molecular weight excluding hydrogens is 587 g/mol. The van der Waals surface area contributed by atoms with E-state index in [-0.39, 0.29) is 5.92 Å². The summed E-state index contributed by atoms with van der Waals surface area (Å²) in [5.74, 6) is 1.55. The van der Waals surface area contributed by atoms with Crippen molar-refractivity contribution in [3.05, 3.63) is 149 Å². The average molecular weight is 626 g/mol. The Morgan fingerprint density at radius 3 is 2.55 bits per heavy atom. The van der Waals surface area contributed by atoms with Crippen molar-refractivity contribution in [2.24, 2.45) is 16.8 Å². The summed E-state index contributed by atoms with van der Waals surface area (Å²) in [6.45, 7) is 6.60. The van der Waals surface area contributed by atoms with Crippen molar-refractivity contribution < 1.29 is 0 Å². The van der Waals surface area contributed by atoms with Gasteiger partial charge in [-0.25, -0.2) is 0 Å². The lowest BCUT2D eigenvalue weighted by Gasteiger charge is -2.31. The van der Waals surface area contributed by atoms with Crippen LogP contribution in [0.3, 0.4) is 0 Å². The highest BCUT2D eigenvalue weighted by Crippen LogP contribution is 2.45. The minimum absolute atomic E-state index is 0.255. The lowest BCUT2D eigenvalue weighted by molar-refractivity contribution is 0.590. The maximum absolute atomic E-state index is 4.63. The Morgan fingerprint density at radius 2 is 1.66 bits per heavy atom. The van der Waals surface area contributed by atoms with E-state index in [1.807, 2.05) is 37.2 Å². The summed E-state index contributed by atoms with van der Waals surface area (Å²) in [7, 11) is 0. The number of fused-ring (bicyclic) bond motifs is 3. The fourth-order valence-corrected chi connectivity index (χ4v) is 9.11. The summed E-state index contributed by atoms with van der Waals surface area (Å²) >= 11 is 1.98. The molecular formula is C45H39NS. The fraction of sp³-hybridized carbons (Fsp3) is 0.178.